The van der Waals surface area contributed by atoms with Crippen LogP contribution in [0.4, 0.5) is 11.5 Å². The highest BCUT2D eigenvalue weighted by molar-refractivity contribution is 5.89. The summed E-state index contributed by atoms with van der Waals surface area (Å²) in [5.74, 6) is 0.00827. The van der Waals surface area contributed by atoms with Crippen molar-refractivity contribution in [2.75, 3.05) is 11.1 Å². The molecule has 2 heterocycles. The molecule has 2 aromatic carbocycles. The Bertz CT molecular complexity index is 1210. The van der Waals surface area contributed by atoms with Gasteiger partial charge in [0.05, 0.1) is 17.6 Å². The van der Waals surface area contributed by atoms with Crippen molar-refractivity contribution >= 4 is 34.1 Å². The number of anilines is 2. The van der Waals surface area contributed by atoms with Gasteiger partial charge < -0.3 is 11.1 Å². The van der Waals surface area contributed by atoms with Gasteiger partial charge in [-0.3, -0.25) is 4.79 Å². The van der Waals surface area contributed by atoms with Crippen molar-refractivity contribution in [3.8, 4) is 0 Å². The molecule has 0 fully saturated rings. The van der Waals surface area contributed by atoms with Gasteiger partial charge in [0.1, 0.15) is 0 Å². The van der Waals surface area contributed by atoms with Crippen molar-refractivity contribution in [1.29, 1.82) is 0 Å². The number of aromatic nitrogens is 4. The zero-order chi connectivity index (χ0) is 18.3. The normalized spacial score (nSPS) is 11.1. The molecule has 4 rings (SSSR count). The summed E-state index contributed by atoms with van der Waals surface area (Å²) in [5, 5.41) is 7.11. The maximum Gasteiger partial charge on any atom is 0.351 e. The molecule has 2 aromatic heterocycles. The van der Waals surface area contributed by atoms with Crippen LogP contribution in [0.2, 0.25) is 0 Å². The molecule has 0 bridgehead atoms. The van der Waals surface area contributed by atoms with Crippen molar-refractivity contribution < 1.29 is 4.79 Å². The van der Waals surface area contributed by atoms with Gasteiger partial charge in [0.25, 0.3) is 0 Å². The Hall–Kier alpha value is -3.68. The summed E-state index contributed by atoms with van der Waals surface area (Å²) < 4.78 is 2.78. The number of nitrogens with zero attached hydrogens (tertiary/aromatic N) is 4. The maximum atomic E-state index is 12.9. The molecular weight excluding hydrogens is 332 g/mol. The minimum atomic E-state index is -0.317. The number of carbonyl (C=O) groups excluding carboxylic acids is 1. The van der Waals surface area contributed by atoms with Crippen molar-refractivity contribution in [2.24, 2.45) is 0 Å². The Kier molecular flexibility index (Phi) is 3.65. The standard InChI is InChI=1S/C18H16N6O2/c1-11(25)20-13-7-3-2-6-12(13)10-23-18(26)24-15-9-5-4-8-14(15)21-16(19)17(24)22-23/h2-9H,10H2,1H3,(H2,19,21)(H,20,25). The summed E-state index contributed by atoms with van der Waals surface area (Å²) in [6.07, 6.45) is 0. The highest BCUT2D eigenvalue weighted by Crippen LogP contribution is 2.18. The van der Waals surface area contributed by atoms with E-state index in [1.165, 1.54) is 16.0 Å². The van der Waals surface area contributed by atoms with E-state index in [4.69, 9.17) is 5.73 Å². The van der Waals surface area contributed by atoms with E-state index < -0.39 is 0 Å². The fraction of sp³-hybridized carbons (Fsp3) is 0.111. The highest BCUT2D eigenvalue weighted by atomic mass is 16.2. The van der Waals surface area contributed by atoms with Gasteiger partial charge in [-0.1, -0.05) is 30.3 Å². The number of nitrogens with two attached hydrogens (primary N) is 1. The van der Waals surface area contributed by atoms with E-state index in [0.29, 0.717) is 22.4 Å². The van der Waals surface area contributed by atoms with Gasteiger partial charge in [-0.05, 0) is 23.8 Å². The second-order valence-corrected chi connectivity index (χ2v) is 5.92. The molecule has 3 N–H and O–H groups in total. The van der Waals surface area contributed by atoms with E-state index in [1.54, 1.807) is 18.2 Å². The fourth-order valence-electron chi connectivity index (χ4n) is 2.95. The molecule has 4 aromatic rings. The van der Waals surface area contributed by atoms with Gasteiger partial charge in [-0.25, -0.2) is 18.9 Å². The van der Waals surface area contributed by atoms with Crippen molar-refractivity contribution in [2.45, 2.75) is 13.5 Å². The fourth-order valence-corrected chi connectivity index (χ4v) is 2.95. The van der Waals surface area contributed by atoms with E-state index in [1.807, 2.05) is 30.3 Å². The van der Waals surface area contributed by atoms with Gasteiger partial charge >= 0.3 is 5.69 Å². The molecule has 0 aliphatic heterocycles. The Labute approximate surface area is 147 Å². The molecular formula is C18H16N6O2. The Morgan fingerprint density at radius 1 is 1.15 bits per heavy atom. The smallest absolute Gasteiger partial charge is 0.351 e. The number of para-hydroxylation sites is 3. The summed E-state index contributed by atoms with van der Waals surface area (Å²) in [7, 11) is 0. The van der Waals surface area contributed by atoms with E-state index in [-0.39, 0.29) is 24.0 Å². The first-order valence-corrected chi connectivity index (χ1v) is 8.04. The summed E-state index contributed by atoms with van der Waals surface area (Å²) in [6.45, 7) is 1.64. The molecule has 26 heavy (non-hydrogen) atoms. The third kappa shape index (κ3) is 2.57. The monoisotopic (exact) mass is 348 g/mol. The van der Waals surface area contributed by atoms with Crippen LogP contribution in [0.15, 0.2) is 53.3 Å². The molecule has 0 spiro atoms. The van der Waals surface area contributed by atoms with E-state index in [0.717, 1.165) is 5.56 Å². The molecule has 0 unspecified atom stereocenters. The van der Waals surface area contributed by atoms with Crippen LogP contribution in [-0.4, -0.2) is 25.1 Å². The predicted octanol–water partition coefficient (Wildman–Crippen LogP) is 1.63. The maximum absolute atomic E-state index is 12.9. The molecule has 8 heteroatoms. The Balaban J connectivity index is 1.88. The zero-order valence-corrected chi connectivity index (χ0v) is 14.0. The lowest BCUT2D eigenvalue weighted by Gasteiger charge is -2.08. The number of fused-ring (bicyclic) bond motifs is 3. The third-order valence-corrected chi connectivity index (χ3v) is 4.08. The molecule has 0 atom stereocenters. The molecule has 0 radical (unpaired) electrons. The number of nitrogen functional groups attached to an aromatic ring is 1. The van der Waals surface area contributed by atoms with Crippen LogP contribution in [0.3, 0.4) is 0 Å². The van der Waals surface area contributed by atoms with Gasteiger partial charge in [-0.15, -0.1) is 5.10 Å². The predicted molar refractivity (Wildman–Crippen MR) is 99.0 cm³/mol. The molecule has 8 nitrogen and oxygen atoms in total. The molecule has 1 amide bonds. The van der Waals surface area contributed by atoms with Crippen LogP contribution in [0, 0.1) is 0 Å². The largest absolute Gasteiger partial charge is 0.381 e. The second kappa shape index (κ2) is 5.99. The van der Waals surface area contributed by atoms with Crippen LogP contribution in [-0.2, 0) is 11.3 Å². The topological polar surface area (TPSA) is 107 Å². The van der Waals surface area contributed by atoms with Crippen LogP contribution >= 0.6 is 0 Å². The first kappa shape index (κ1) is 15.8. The number of hydrogen-bond acceptors (Lipinski definition) is 5. The number of benzene rings is 2. The van der Waals surface area contributed by atoms with Crippen LogP contribution in [0.5, 0.6) is 0 Å². The van der Waals surface area contributed by atoms with Crippen LogP contribution in [0.25, 0.3) is 16.7 Å². The lowest BCUT2D eigenvalue weighted by atomic mass is 10.2. The van der Waals surface area contributed by atoms with Crippen molar-refractivity contribution in [1.82, 2.24) is 19.2 Å². The first-order valence-electron chi connectivity index (χ1n) is 8.04. The molecule has 0 saturated heterocycles. The number of hydrogen-bond donors (Lipinski definition) is 2. The third-order valence-electron chi connectivity index (χ3n) is 4.08. The minimum absolute atomic E-state index is 0.181. The van der Waals surface area contributed by atoms with Crippen molar-refractivity contribution in [3.05, 3.63) is 64.6 Å². The van der Waals surface area contributed by atoms with E-state index in [2.05, 4.69) is 15.4 Å². The van der Waals surface area contributed by atoms with Gasteiger partial charge in [0.15, 0.2) is 5.82 Å². The summed E-state index contributed by atoms with van der Waals surface area (Å²) in [6, 6.07) is 14.5. The highest BCUT2D eigenvalue weighted by Gasteiger charge is 2.15. The quantitative estimate of drug-likeness (QED) is 0.585. The number of nitrogens with one attached hydrogen (secondary N) is 1. The zero-order valence-electron chi connectivity index (χ0n) is 14.0. The lowest BCUT2D eigenvalue weighted by molar-refractivity contribution is -0.114. The van der Waals surface area contributed by atoms with Gasteiger partial charge in [0.2, 0.25) is 11.6 Å². The minimum Gasteiger partial charge on any atom is -0.381 e. The van der Waals surface area contributed by atoms with Crippen molar-refractivity contribution in [3.63, 3.8) is 0 Å². The Morgan fingerprint density at radius 3 is 2.69 bits per heavy atom. The second-order valence-electron chi connectivity index (χ2n) is 5.92. The van der Waals surface area contributed by atoms with Crippen LogP contribution < -0.4 is 16.7 Å². The molecule has 130 valence electrons. The Morgan fingerprint density at radius 2 is 1.88 bits per heavy atom. The number of carbonyl (C=O) groups is 1. The average Bonchev–Trinajstić information content (AvgIpc) is 2.94. The first-order chi connectivity index (χ1) is 12.5. The van der Waals surface area contributed by atoms with Gasteiger partial charge in [-0.2, -0.15) is 0 Å². The lowest BCUT2D eigenvalue weighted by Crippen LogP contribution is -2.23. The average molecular weight is 348 g/mol. The molecule has 0 aliphatic rings. The summed E-state index contributed by atoms with van der Waals surface area (Å²) in [5.41, 5.74) is 8.66. The van der Waals surface area contributed by atoms with Crippen LogP contribution in [0.1, 0.15) is 12.5 Å². The number of amides is 1. The van der Waals surface area contributed by atoms with Gasteiger partial charge in [0, 0.05) is 12.6 Å². The van der Waals surface area contributed by atoms with E-state index >= 15 is 0 Å². The molecule has 0 aliphatic carbocycles. The SMILES string of the molecule is CC(=O)Nc1ccccc1Cn1nc2c(N)nc3ccccc3n2c1=O. The summed E-state index contributed by atoms with van der Waals surface area (Å²) >= 11 is 0. The molecule has 0 saturated carbocycles. The number of rotatable bonds is 3. The summed E-state index contributed by atoms with van der Waals surface area (Å²) in [4.78, 5) is 28.6. The van der Waals surface area contributed by atoms with E-state index in [9.17, 15) is 9.59 Å².